The number of hydrogen-bond donors (Lipinski definition) is 1. The second-order valence-electron chi connectivity index (χ2n) is 5.74. The molecule has 2 rings (SSSR count). The van der Waals surface area contributed by atoms with Crippen molar-refractivity contribution in [2.45, 2.75) is 19.8 Å². The van der Waals surface area contributed by atoms with E-state index in [0.29, 0.717) is 28.8 Å². The quantitative estimate of drug-likeness (QED) is 0.501. The highest BCUT2D eigenvalue weighted by atomic mass is 35.5. The van der Waals surface area contributed by atoms with Gasteiger partial charge in [-0.1, -0.05) is 24.9 Å². The van der Waals surface area contributed by atoms with Crippen LogP contribution < -0.4 is 19.7 Å². The summed E-state index contributed by atoms with van der Waals surface area (Å²) in [6.45, 7) is 2.69. The van der Waals surface area contributed by atoms with Gasteiger partial charge < -0.3 is 19.7 Å². The zero-order valence-electron chi connectivity index (χ0n) is 15.7. The highest BCUT2D eigenvalue weighted by molar-refractivity contribution is 6.32. The fourth-order valence-electron chi connectivity index (χ4n) is 2.49. The normalized spacial score (nSPS) is 10.4. The van der Waals surface area contributed by atoms with Gasteiger partial charge in [0.1, 0.15) is 17.8 Å². The fourth-order valence-corrected chi connectivity index (χ4v) is 2.74. The predicted molar refractivity (Wildman–Crippen MR) is 105 cm³/mol. The van der Waals surface area contributed by atoms with Gasteiger partial charge in [0, 0.05) is 19.7 Å². The standard InChI is InChI=1S/C17H22ClN5O4/c1-5-6-7-22(2)17-15(23(24)25)16(19-10-20-17)21-12-8-11(18)13(26-3)9-14(12)27-4/h8-10H,5-7H2,1-4H3,(H,19,20,21). The number of halogens is 1. The maximum atomic E-state index is 11.7. The molecule has 27 heavy (non-hydrogen) atoms. The van der Waals surface area contributed by atoms with Crippen molar-refractivity contribution in [2.75, 3.05) is 38.0 Å². The molecule has 0 saturated heterocycles. The van der Waals surface area contributed by atoms with Gasteiger partial charge in [0.15, 0.2) is 0 Å². The minimum Gasteiger partial charge on any atom is -0.495 e. The van der Waals surface area contributed by atoms with Crippen molar-refractivity contribution in [3.63, 3.8) is 0 Å². The van der Waals surface area contributed by atoms with E-state index in [1.807, 2.05) is 0 Å². The summed E-state index contributed by atoms with van der Waals surface area (Å²) in [4.78, 5) is 21.1. The van der Waals surface area contributed by atoms with Crippen LogP contribution in [0.2, 0.25) is 5.02 Å². The van der Waals surface area contributed by atoms with Gasteiger partial charge in [-0.25, -0.2) is 9.97 Å². The number of unbranched alkanes of at least 4 members (excludes halogenated alkanes) is 1. The summed E-state index contributed by atoms with van der Waals surface area (Å²) in [6.07, 6.45) is 3.14. The molecule has 2 aromatic rings. The van der Waals surface area contributed by atoms with Crippen LogP contribution in [-0.2, 0) is 0 Å². The minimum absolute atomic E-state index is 0.0490. The van der Waals surface area contributed by atoms with Crippen molar-refractivity contribution in [1.29, 1.82) is 0 Å². The van der Waals surface area contributed by atoms with Gasteiger partial charge in [0.2, 0.25) is 11.6 Å². The molecule has 0 aliphatic rings. The van der Waals surface area contributed by atoms with E-state index in [-0.39, 0.29) is 17.3 Å². The predicted octanol–water partition coefficient (Wildman–Crippen LogP) is 4.04. The lowest BCUT2D eigenvalue weighted by Crippen LogP contribution is -2.21. The summed E-state index contributed by atoms with van der Waals surface area (Å²) in [5.74, 6) is 1.12. The van der Waals surface area contributed by atoms with Crippen LogP contribution in [0.15, 0.2) is 18.5 Å². The molecule has 1 heterocycles. The number of hydrogen-bond acceptors (Lipinski definition) is 8. The molecule has 9 nitrogen and oxygen atoms in total. The molecule has 0 atom stereocenters. The van der Waals surface area contributed by atoms with Gasteiger partial charge in [-0.05, 0) is 12.5 Å². The molecule has 10 heteroatoms. The van der Waals surface area contributed by atoms with Crippen molar-refractivity contribution in [3.8, 4) is 11.5 Å². The van der Waals surface area contributed by atoms with Gasteiger partial charge in [0.05, 0.1) is 29.9 Å². The maximum absolute atomic E-state index is 11.7. The van der Waals surface area contributed by atoms with Crippen molar-refractivity contribution in [3.05, 3.63) is 33.6 Å². The van der Waals surface area contributed by atoms with E-state index < -0.39 is 4.92 Å². The topological polar surface area (TPSA) is 103 Å². The highest BCUT2D eigenvalue weighted by Crippen LogP contribution is 2.39. The third kappa shape index (κ3) is 4.68. The van der Waals surface area contributed by atoms with Crippen LogP contribution in [-0.4, -0.2) is 42.7 Å². The average molecular weight is 396 g/mol. The van der Waals surface area contributed by atoms with Crippen LogP contribution >= 0.6 is 11.6 Å². The monoisotopic (exact) mass is 395 g/mol. The molecule has 0 aliphatic carbocycles. The summed E-state index contributed by atoms with van der Waals surface area (Å²) in [7, 11) is 4.73. The molecule has 0 radical (unpaired) electrons. The second-order valence-corrected chi connectivity index (χ2v) is 6.15. The number of nitro groups is 1. The van der Waals surface area contributed by atoms with E-state index in [1.165, 1.54) is 20.5 Å². The first kappa shape index (κ1) is 20.5. The number of anilines is 3. The van der Waals surface area contributed by atoms with E-state index in [9.17, 15) is 10.1 Å². The maximum Gasteiger partial charge on any atom is 0.353 e. The summed E-state index contributed by atoms with van der Waals surface area (Å²) < 4.78 is 10.5. The summed E-state index contributed by atoms with van der Waals surface area (Å²) in [6, 6.07) is 3.15. The Morgan fingerprint density at radius 2 is 1.96 bits per heavy atom. The molecular weight excluding hydrogens is 374 g/mol. The van der Waals surface area contributed by atoms with Crippen LogP contribution in [0.25, 0.3) is 0 Å². The number of nitrogens with one attached hydrogen (secondary N) is 1. The van der Waals surface area contributed by atoms with E-state index in [2.05, 4.69) is 22.2 Å². The molecule has 1 aromatic heterocycles. The van der Waals surface area contributed by atoms with Crippen molar-refractivity contribution in [2.24, 2.45) is 0 Å². The van der Waals surface area contributed by atoms with Crippen LogP contribution in [0.3, 0.4) is 0 Å². The molecule has 1 N–H and O–H groups in total. The SMILES string of the molecule is CCCCN(C)c1ncnc(Nc2cc(Cl)c(OC)cc2OC)c1[N+](=O)[O-]. The second kappa shape index (κ2) is 9.22. The van der Waals surface area contributed by atoms with Crippen molar-refractivity contribution < 1.29 is 14.4 Å². The molecular formula is C17H22ClN5O4. The average Bonchev–Trinajstić information content (AvgIpc) is 2.65. The van der Waals surface area contributed by atoms with E-state index in [0.717, 1.165) is 12.8 Å². The van der Waals surface area contributed by atoms with E-state index in [1.54, 1.807) is 24.1 Å². The van der Waals surface area contributed by atoms with Gasteiger partial charge in [0.25, 0.3) is 0 Å². The largest absolute Gasteiger partial charge is 0.495 e. The molecule has 1 aromatic carbocycles. The molecule has 0 saturated carbocycles. The molecule has 146 valence electrons. The van der Waals surface area contributed by atoms with E-state index in [4.69, 9.17) is 21.1 Å². The number of methoxy groups -OCH3 is 2. The Morgan fingerprint density at radius 1 is 1.26 bits per heavy atom. The first-order valence-electron chi connectivity index (χ1n) is 8.31. The first-order valence-corrected chi connectivity index (χ1v) is 8.69. The molecule has 0 unspecified atom stereocenters. The van der Waals surface area contributed by atoms with Crippen LogP contribution in [0.1, 0.15) is 19.8 Å². The Bertz CT molecular complexity index is 818. The van der Waals surface area contributed by atoms with Gasteiger partial charge in [-0.3, -0.25) is 10.1 Å². The third-order valence-corrected chi connectivity index (χ3v) is 4.22. The molecule has 0 amide bonds. The summed E-state index contributed by atoms with van der Waals surface area (Å²) in [5, 5.41) is 15.0. The number of rotatable bonds is 9. The third-order valence-electron chi connectivity index (χ3n) is 3.92. The molecule has 0 aliphatic heterocycles. The number of aromatic nitrogens is 2. The lowest BCUT2D eigenvalue weighted by Gasteiger charge is -2.19. The lowest BCUT2D eigenvalue weighted by molar-refractivity contribution is -0.383. The highest BCUT2D eigenvalue weighted by Gasteiger charge is 2.26. The first-order chi connectivity index (χ1) is 12.9. The Morgan fingerprint density at radius 3 is 2.56 bits per heavy atom. The van der Waals surface area contributed by atoms with Crippen molar-refractivity contribution in [1.82, 2.24) is 9.97 Å². The smallest absolute Gasteiger partial charge is 0.353 e. The van der Waals surface area contributed by atoms with E-state index >= 15 is 0 Å². The van der Waals surface area contributed by atoms with Crippen LogP contribution in [0.5, 0.6) is 11.5 Å². The summed E-state index contributed by atoms with van der Waals surface area (Å²) in [5.41, 5.74) is 0.206. The van der Waals surface area contributed by atoms with Gasteiger partial charge in [-0.2, -0.15) is 0 Å². The van der Waals surface area contributed by atoms with Crippen LogP contribution in [0.4, 0.5) is 23.0 Å². The van der Waals surface area contributed by atoms with Gasteiger partial charge in [-0.15, -0.1) is 0 Å². The molecule has 0 fully saturated rings. The molecule has 0 spiro atoms. The Hall–Kier alpha value is -2.81. The Labute approximate surface area is 162 Å². The Balaban J connectivity index is 2.48. The minimum atomic E-state index is -0.502. The fraction of sp³-hybridized carbons (Fsp3) is 0.412. The number of benzene rings is 1. The Kier molecular flexibility index (Phi) is 7.00. The summed E-state index contributed by atoms with van der Waals surface area (Å²) >= 11 is 6.17. The number of nitrogens with zero attached hydrogens (tertiary/aromatic N) is 4. The van der Waals surface area contributed by atoms with Gasteiger partial charge >= 0.3 is 5.69 Å². The zero-order chi connectivity index (χ0) is 20.0. The van der Waals surface area contributed by atoms with Crippen molar-refractivity contribution >= 4 is 34.6 Å². The lowest BCUT2D eigenvalue weighted by atomic mass is 10.2. The molecule has 0 bridgehead atoms. The number of ether oxygens (including phenoxy) is 2. The van der Waals surface area contributed by atoms with Crippen LogP contribution in [0, 0.1) is 10.1 Å². The zero-order valence-corrected chi connectivity index (χ0v) is 16.4.